The smallest absolute Gasteiger partial charge is 0.226 e. The van der Waals surface area contributed by atoms with E-state index in [4.69, 9.17) is 9.84 Å². The zero-order valence-corrected chi connectivity index (χ0v) is 11.3. The zero-order chi connectivity index (χ0) is 13.7. The molecule has 4 nitrogen and oxygen atoms in total. The Kier molecular flexibility index (Phi) is 4.80. The van der Waals surface area contributed by atoms with Crippen LogP contribution in [0.1, 0.15) is 18.4 Å². The SMILES string of the molecule is Cc1cccc(OCCC(=O)N2CCC(CO)C2)c1. The van der Waals surface area contributed by atoms with E-state index in [2.05, 4.69) is 0 Å². The molecular weight excluding hydrogens is 242 g/mol. The molecule has 0 radical (unpaired) electrons. The molecule has 1 aromatic rings. The molecule has 0 bridgehead atoms. The van der Waals surface area contributed by atoms with Gasteiger partial charge in [0.25, 0.3) is 0 Å². The highest BCUT2D eigenvalue weighted by molar-refractivity contribution is 5.76. The number of aryl methyl sites for hydroxylation is 1. The Labute approximate surface area is 114 Å². The van der Waals surface area contributed by atoms with Gasteiger partial charge in [0.05, 0.1) is 13.0 Å². The lowest BCUT2D eigenvalue weighted by Crippen LogP contribution is -2.30. The highest BCUT2D eigenvalue weighted by Gasteiger charge is 2.25. The standard InChI is InChI=1S/C15H21NO3/c1-12-3-2-4-14(9-12)19-8-6-15(18)16-7-5-13(10-16)11-17/h2-4,9,13,17H,5-8,10-11H2,1H3. The van der Waals surface area contributed by atoms with Crippen molar-refractivity contribution in [3.8, 4) is 5.75 Å². The van der Waals surface area contributed by atoms with Gasteiger partial charge >= 0.3 is 0 Å². The summed E-state index contributed by atoms with van der Waals surface area (Å²) in [6, 6.07) is 7.81. The largest absolute Gasteiger partial charge is 0.493 e. The van der Waals surface area contributed by atoms with Gasteiger partial charge in [0.2, 0.25) is 5.91 Å². The Bertz CT molecular complexity index is 433. The molecule has 19 heavy (non-hydrogen) atoms. The summed E-state index contributed by atoms with van der Waals surface area (Å²) in [5.41, 5.74) is 1.15. The van der Waals surface area contributed by atoms with Gasteiger partial charge in [0, 0.05) is 25.6 Å². The summed E-state index contributed by atoms with van der Waals surface area (Å²) in [7, 11) is 0. The Morgan fingerprint density at radius 3 is 3.05 bits per heavy atom. The van der Waals surface area contributed by atoms with E-state index in [1.54, 1.807) is 0 Å². The number of likely N-dealkylation sites (tertiary alicyclic amines) is 1. The average molecular weight is 263 g/mol. The second-order valence-electron chi connectivity index (χ2n) is 5.09. The van der Waals surface area contributed by atoms with E-state index >= 15 is 0 Å². The van der Waals surface area contributed by atoms with E-state index in [1.807, 2.05) is 36.1 Å². The lowest BCUT2D eigenvalue weighted by Gasteiger charge is -2.16. The maximum Gasteiger partial charge on any atom is 0.226 e. The van der Waals surface area contributed by atoms with Crippen LogP contribution in [0.25, 0.3) is 0 Å². The zero-order valence-electron chi connectivity index (χ0n) is 11.3. The van der Waals surface area contributed by atoms with Crippen LogP contribution in [0.5, 0.6) is 5.75 Å². The molecule has 1 aliphatic heterocycles. The molecular formula is C15H21NO3. The number of ether oxygens (including phenoxy) is 1. The third-order valence-electron chi connectivity index (χ3n) is 3.47. The number of amides is 1. The van der Waals surface area contributed by atoms with Crippen LogP contribution in [0.4, 0.5) is 0 Å². The Balaban J connectivity index is 1.72. The van der Waals surface area contributed by atoms with Crippen LogP contribution in [0.3, 0.4) is 0 Å². The molecule has 1 atom stereocenters. The first-order chi connectivity index (χ1) is 9.19. The highest BCUT2D eigenvalue weighted by atomic mass is 16.5. The van der Waals surface area contributed by atoms with E-state index in [9.17, 15) is 4.79 Å². The Morgan fingerprint density at radius 2 is 2.37 bits per heavy atom. The van der Waals surface area contributed by atoms with Crippen molar-refractivity contribution in [3.63, 3.8) is 0 Å². The molecule has 1 N–H and O–H groups in total. The fourth-order valence-corrected chi connectivity index (χ4v) is 2.33. The quantitative estimate of drug-likeness (QED) is 0.878. The van der Waals surface area contributed by atoms with Gasteiger partial charge in [-0.15, -0.1) is 0 Å². The molecule has 1 aromatic carbocycles. The molecule has 0 aliphatic carbocycles. The van der Waals surface area contributed by atoms with Gasteiger partial charge in [-0.1, -0.05) is 12.1 Å². The van der Waals surface area contributed by atoms with E-state index in [0.717, 1.165) is 24.3 Å². The lowest BCUT2D eigenvalue weighted by atomic mass is 10.1. The fraction of sp³-hybridized carbons (Fsp3) is 0.533. The first kappa shape index (κ1) is 13.9. The molecule has 1 fully saturated rings. The second kappa shape index (κ2) is 6.57. The van der Waals surface area contributed by atoms with Crippen molar-refractivity contribution in [2.45, 2.75) is 19.8 Å². The number of aliphatic hydroxyl groups excluding tert-OH is 1. The summed E-state index contributed by atoms with van der Waals surface area (Å²) < 4.78 is 5.57. The number of aliphatic hydroxyl groups is 1. The van der Waals surface area contributed by atoms with E-state index in [0.29, 0.717) is 19.6 Å². The lowest BCUT2D eigenvalue weighted by molar-refractivity contribution is -0.130. The molecule has 0 spiro atoms. The number of carbonyl (C=O) groups is 1. The van der Waals surface area contributed by atoms with E-state index in [-0.39, 0.29) is 18.4 Å². The van der Waals surface area contributed by atoms with Gasteiger partial charge in [-0.2, -0.15) is 0 Å². The number of hydrogen-bond acceptors (Lipinski definition) is 3. The third-order valence-corrected chi connectivity index (χ3v) is 3.47. The highest BCUT2D eigenvalue weighted by Crippen LogP contribution is 2.17. The van der Waals surface area contributed by atoms with Gasteiger partial charge in [-0.05, 0) is 31.0 Å². The van der Waals surface area contributed by atoms with Crippen molar-refractivity contribution >= 4 is 5.91 Å². The minimum Gasteiger partial charge on any atom is -0.493 e. The summed E-state index contributed by atoms with van der Waals surface area (Å²) in [5, 5.41) is 9.05. The number of nitrogens with zero attached hydrogens (tertiary/aromatic N) is 1. The van der Waals surface area contributed by atoms with Crippen molar-refractivity contribution in [1.82, 2.24) is 4.90 Å². The maximum absolute atomic E-state index is 11.9. The van der Waals surface area contributed by atoms with Gasteiger partial charge in [0.1, 0.15) is 5.75 Å². The number of benzene rings is 1. The second-order valence-corrected chi connectivity index (χ2v) is 5.09. The van der Waals surface area contributed by atoms with Gasteiger partial charge in [0.15, 0.2) is 0 Å². The molecule has 1 aliphatic rings. The van der Waals surface area contributed by atoms with Crippen molar-refractivity contribution < 1.29 is 14.6 Å². The Hall–Kier alpha value is -1.55. The monoisotopic (exact) mass is 263 g/mol. The van der Waals surface area contributed by atoms with Gasteiger partial charge < -0.3 is 14.7 Å². The van der Waals surface area contributed by atoms with Crippen LogP contribution in [-0.4, -0.2) is 42.2 Å². The summed E-state index contributed by atoms with van der Waals surface area (Å²) in [5.74, 6) is 1.17. The summed E-state index contributed by atoms with van der Waals surface area (Å²) >= 11 is 0. The minimum atomic E-state index is 0.114. The number of rotatable bonds is 5. The molecule has 0 aromatic heterocycles. The normalized spacial score (nSPS) is 18.6. The molecule has 1 heterocycles. The summed E-state index contributed by atoms with van der Waals surface area (Å²) in [6.07, 6.45) is 1.30. The summed E-state index contributed by atoms with van der Waals surface area (Å²) in [4.78, 5) is 13.7. The van der Waals surface area contributed by atoms with Crippen LogP contribution in [0.2, 0.25) is 0 Å². The first-order valence-electron chi connectivity index (χ1n) is 6.77. The molecule has 1 unspecified atom stereocenters. The van der Waals surface area contributed by atoms with Crippen LogP contribution < -0.4 is 4.74 Å². The first-order valence-corrected chi connectivity index (χ1v) is 6.77. The van der Waals surface area contributed by atoms with Crippen molar-refractivity contribution in [1.29, 1.82) is 0 Å². The van der Waals surface area contributed by atoms with Crippen LogP contribution in [0.15, 0.2) is 24.3 Å². The molecule has 4 heteroatoms. The van der Waals surface area contributed by atoms with Gasteiger partial charge in [-0.25, -0.2) is 0 Å². The topological polar surface area (TPSA) is 49.8 Å². The molecule has 2 rings (SSSR count). The average Bonchev–Trinajstić information content (AvgIpc) is 2.87. The van der Waals surface area contributed by atoms with E-state index in [1.165, 1.54) is 0 Å². The fourth-order valence-electron chi connectivity index (χ4n) is 2.33. The summed E-state index contributed by atoms with van der Waals surface area (Å²) in [6.45, 7) is 4.03. The number of hydrogen-bond donors (Lipinski definition) is 1. The van der Waals surface area contributed by atoms with Crippen molar-refractivity contribution in [2.24, 2.45) is 5.92 Å². The van der Waals surface area contributed by atoms with Gasteiger partial charge in [-0.3, -0.25) is 4.79 Å². The molecule has 104 valence electrons. The number of carbonyl (C=O) groups excluding carboxylic acids is 1. The predicted octanol–water partition coefficient (Wildman–Crippen LogP) is 1.60. The molecule has 0 saturated carbocycles. The molecule has 1 saturated heterocycles. The maximum atomic E-state index is 11.9. The predicted molar refractivity (Wildman–Crippen MR) is 73.1 cm³/mol. The third kappa shape index (κ3) is 3.96. The minimum absolute atomic E-state index is 0.114. The van der Waals surface area contributed by atoms with Crippen LogP contribution in [-0.2, 0) is 4.79 Å². The van der Waals surface area contributed by atoms with Crippen LogP contribution in [0, 0.1) is 12.8 Å². The van der Waals surface area contributed by atoms with Crippen molar-refractivity contribution in [2.75, 3.05) is 26.3 Å². The van der Waals surface area contributed by atoms with E-state index < -0.39 is 0 Å². The van der Waals surface area contributed by atoms with Crippen LogP contribution >= 0.6 is 0 Å². The Morgan fingerprint density at radius 1 is 1.53 bits per heavy atom. The van der Waals surface area contributed by atoms with Crippen molar-refractivity contribution in [3.05, 3.63) is 29.8 Å². The molecule has 1 amide bonds.